The Morgan fingerprint density at radius 1 is 1.16 bits per heavy atom. The highest BCUT2D eigenvalue weighted by Crippen LogP contribution is 2.33. The minimum atomic E-state index is -0.0981. The number of rotatable bonds is 2. The van der Waals surface area contributed by atoms with Crippen molar-refractivity contribution in [1.29, 1.82) is 0 Å². The average molecular weight is 358 g/mol. The summed E-state index contributed by atoms with van der Waals surface area (Å²) in [5.41, 5.74) is 2.15. The lowest BCUT2D eigenvalue weighted by Gasteiger charge is -2.34. The van der Waals surface area contributed by atoms with Crippen LogP contribution in [0.1, 0.15) is 44.7 Å². The Hall–Kier alpha value is -2.08. The van der Waals surface area contributed by atoms with E-state index in [4.69, 9.17) is 4.42 Å². The van der Waals surface area contributed by atoms with E-state index < -0.39 is 0 Å². The number of amides is 2. The van der Waals surface area contributed by atoms with Crippen molar-refractivity contribution in [3.05, 3.63) is 45.5 Å². The maximum atomic E-state index is 12.9. The molecule has 2 aromatic heterocycles. The van der Waals surface area contributed by atoms with Crippen LogP contribution >= 0.6 is 11.3 Å². The molecule has 1 atom stereocenters. The predicted molar refractivity (Wildman–Crippen MR) is 96.0 cm³/mol. The normalized spacial score (nSPS) is 20.4. The summed E-state index contributed by atoms with van der Waals surface area (Å²) in [6.07, 6.45) is 4.78. The first-order chi connectivity index (χ1) is 12.1. The summed E-state index contributed by atoms with van der Waals surface area (Å²) in [6.45, 7) is 4.53. The molecule has 0 spiro atoms. The summed E-state index contributed by atoms with van der Waals surface area (Å²) in [5, 5.41) is 2.03. The maximum absolute atomic E-state index is 12.9. The summed E-state index contributed by atoms with van der Waals surface area (Å²) in [5.74, 6) is 1.10. The van der Waals surface area contributed by atoms with Crippen molar-refractivity contribution in [3.8, 4) is 0 Å². The maximum Gasteiger partial charge on any atom is 0.289 e. The molecule has 4 rings (SSSR count). The topological polar surface area (TPSA) is 53.8 Å². The van der Waals surface area contributed by atoms with Crippen LogP contribution in [-0.4, -0.2) is 47.8 Å². The minimum Gasteiger partial charge on any atom is -0.459 e. The minimum absolute atomic E-state index is 0.0981. The molecule has 3 heterocycles. The van der Waals surface area contributed by atoms with Gasteiger partial charge in [0, 0.05) is 36.4 Å². The molecule has 1 aliphatic carbocycles. The summed E-state index contributed by atoms with van der Waals surface area (Å²) < 4.78 is 5.18. The Morgan fingerprint density at radius 3 is 2.56 bits per heavy atom. The van der Waals surface area contributed by atoms with Crippen molar-refractivity contribution in [3.63, 3.8) is 0 Å². The molecule has 6 heteroatoms. The third-order valence-corrected chi connectivity index (χ3v) is 6.27. The molecule has 0 saturated carbocycles. The zero-order valence-corrected chi connectivity index (χ0v) is 15.2. The average Bonchev–Trinajstić information content (AvgIpc) is 3.30. The van der Waals surface area contributed by atoms with Crippen molar-refractivity contribution < 1.29 is 14.0 Å². The van der Waals surface area contributed by atoms with Crippen molar-refractivity contribution in [2.45, 2.75) is 26.2 Å². The summed E-state index contributed by atoms with van der Waals surface area (Å²) in [7, 11) is 0. The zero-order valence-electron chi connectivity index (χ0n) is 14.4. The SMILES string of the molecule is CC1CCc2c(C(=O)N3CCN(C(=O)c4ccco4)CC3)csc2C1. The Kier molecular flexibility index (Phi) is 4.37. The number of carbonyl (C=O) groups excluding carboxylic acids is 2. The number of piperazine rings is 1. The van der Waals surface area contributed by atoms with E-state index in [0.717, 1.165) is 24.8 Å². The molecule has 1 unspecified atom stereocenters. The molecule has 5 nitrogen and oxygen atoms in total. The first-order valence-electron chi connectivity index (χ1n) is 8.84. The smallest absolute Gasteiger partial charge is 0.289 e. The molecule has 0 radical (unpaired) electrons. The Bertz CT molecular complexity index is 773. The van der Waals surface area contributed by atoms with Crippen LogP contribution in [0.4, 0.5) is 0 Å². The molecule has 1 aliphatic heterocycles. The fourth-order valence-corrected chi connectivity index (χ4v) is 4.93. The molecule has 0 bridgehead atoms. The van der Waals surface area contributed by atoms with Crippen LogP contribution < -0.4 is 0 Å². The van der Waals surface area contributed by atoms with Crippen molar-refractivity contribution in [2.75, 3.05) is 26.2 Å². The highest BCUT2D eigenvalue weighted by atomic mass is 32.1. The van der Waals surface area contributed by atoms with E-state index in [2.05, 4.69) is 6.92 Å². The summed E-state index contributed by atoms with van der Waals surface area (Å²) in [6, 6.07) is 3.39. The Balaban J connectivity index is 1.41. The van der Waals surface area contributed by atoms with Crippen LogP contribution in [-0.2, 0) is 12.8 Å². The summed E-state index contributed by atoms with van der Waals surface area (Å²) in [4.78, 5) is 30.3. The van der Waals surface area contributed by atoms with E-state index in [9.17, 15) is 9.59 Å². The van der Waals surface area contributed by atoms with Gasteiger partial charge in [0.15, 0.2) is 5.76 Å². The number of hydrogen-bond donors (Lipinski definition) is 0. The van der Waals surface area contributed by atoms with Gasteiger partial charge in [-0.05, 0) is 42.9 Å². The van der Waals surface area contributed by atoms with E-state index in [1.807, 2.05) is 10.3 Å². The highest BCUT2D eigenvalue weighted by molar-refractivity contribution is 7.10. The quantitative estimate of drug-likeness (QED) is 0.829. The first-order valence-corrected chi connectivity index (χ1v) is 9.72. The number of hydrogen-bond acceptors (Lipinski definition) is 4. The van der Waals surface area contributed by atoms with Gasteiger partial charge >= 0.3 is 0 Å². The van der Waals surface area contributed by atoms with E-state index in [0.29, 0.717) is 37.9 Å². The molecule has 132 valence electrons. The van der Waals surface area contributed by atoms with Crippen LogP contribution in [0.2, 0.25) is 0 Å². The van der Waals surface area contributed by atoms with Gasteiger partial charge < -0.3 is 14.2 Å². The highest BCUT2D eigenvalue weighted by Gasteiger charge is 2.29. The first kappa shape index (κ1) is 16.4. The lowest BCUT2D eigenvalue weighted by molar-refractivity contribution is 0.0517. The van der Waals surface area contributed by atoms with Crippen LogP contribution in [0.25, 0.3) is 0 Å². The van der Waals surface area contributed by atoms with Gasteiger partial charge in [-0.2, -0.15) is 0 Å². The molecule has 25 heavy (non-hydrogen) atoms. The number of carbonyl (C=O) groups is 2. The molecule has 0 aromatic carbocycles. The molecular weight excluding hydrogens is 336 g/mol. The lowest BCUT2D eigenvalue weighted by Crippen LogP contribution is -2.50. The monoisotopic (exact) mass is 358 g/mol. The molecule has 2 aromatic rings. The van der Waals surface area contributed by atoms with Crippen LogP contribution in [0.15, 0.2) is 28.2 Å². The van der Waals surface area contributed by atoms with Gasteiger partial charge in [-0.3, -0.25) is 9.59 Å². The van der Waals surface area contributed by atoms with Gasteiger partial charge in [-0.25, -0.2) is 0 Å². The van der Waals surface area contributed by atoms with Gasteiger partial charge in [0.05, 0.1) is 11.8 Å². The van der Waals surface area contributed by atoms with Gasteiger partial charge in [-0.1, -0.05) is 6.92 Å². The fraction of sp³-hybridized carbons (Fsp3) is 0.474. The van der Waals surface area contributed by atoms with Crippen LogP contribution in [0, 0.1) is 5.92 Å². The van der Waals surface area contributed by atoms with E-state index in [1.54, 1.807) is 28.4 Å². The number of fused-ring (bicyclic) bond motifs is 1. The predicted octanol–water partition coefficient (Wildman–Crippen LogP) is 3.06. The van der Waals surface area contributed by atoms with Gasteiger partial charge in [0.25, 0.3) is 11.8 Å². The van der Waals surface area contributed by atoms with Gasteiger partial charge in [-0.15, -0.1) is 11.3 Å². The number of thiophene rings is 1. The largest absolute Gasteiger partial charge is 0.459 e. The van der Waals surface area contributed by atoms with Crippen LogP contribution in [0.5, 0.6) is 0 Å². The second-order valence-electron chi connectivity index (χ2n) is 6.96. The molecule has 2 aliphatic rings. The molecule has 2 amide bonds. The summed E-state index contributed by atoms with van der Waals surface area (Å²) >= 11 is 1.73. The van der Waals surface area contributed by atoms with Crippen molar-refractivity contribution in [2.24, 2.45) is 5.92 Å². The lowest BCUT2D eigenvalue weighted by atomic mass is 9.88. The van der Waals surface area contributed by atoms with Gasteiger partial charge in [0.2, 0.25) is 0 Å². The molecular formula is C19H22N2O3S. The standard InChI is InChI=1S/C19H22N2O3S/c1-13-4-5-14-15(12-25-17(14)11-13)18(22)20-6-8-21(9-7-20)19(23)16-3-2-10-24-16/h2-3,10,12-13H,4-9,11H2,1H3. The van der Waals surface area contributed by atoms with E-state index in [1.165, 1.54) is 16.7 Å². The molecule has 1 fully saturated rings. The third-order valence-electron chi connectivity index (χ3n) is 5.22. The molecule has 1 saturated heterocycles. The van der Waals surface area contributed by atoms with Crippen molar-refractivity contribution >= 4 is 23.2 Å². The van der Waals surface area contributed by atoms with Gasteiger partial charge in [0.1, 0.15) is 0 Å². The van der Waals surface area contributed by atoms with E-state index in [-0.39, 0.29) is 11.8 Å². The van der Waals surface area contributed by atoms with Crippen molar-refractivity contribution in [1.82, 2.24) is 9.80 Å². The van der Waals surface area contributed by atoms with E-state index >= 15 is 0 Å². The zero-order chi connectivity index (χ0) is 17.4. The fourth-order valence-electron chi connectivity index (χ4n) is 3.70. The molecule has 0 N–H and O–H groups in total. The van der Waals surface area contributed by atoms with Crippen LogP contribution in [0.3, 0.4) is 0 Å². The Morgan fingerprint density at radius 2 is 1.88 bits per heavy atom. The second-order valence-corrected chi connectivity index (χ2v) is 7.92. The second kappa shape index (κ2) is 6.67. The Labute approximate surface area is 151 Å². The number of nitrogens with zero attached hydrogens (tertiary/aromatic N) is 2. The number of furan rings is 1. The third kappa shape index (κ3) is 3.11.